The minimum Gasteiger partial charge on any atom is -0.395 e. The second-order valence-corrected chi connectivity index (χ2v) is 3.67. The molecule has 1 aromatic rings. The summed E-state index contributed by atoms with van der Waals surface area (Å²) in [6.07, 6.45) is 0. The molecule has 0 spiro atoms. The van der Waals surface area contributed by atoms with Crippen molar-refractivity contribution in [1.29, 1.82) is 0 Å². The van der Waals surface area contributed by atoms with Gasteiger partial charge in [0, 0.05) is 13.1 Å². The van der Waals surface area contributed by atoms with Gasteiger partial charge in [0.25, 0.3) is 5.91 Å². The second kappa shape index (κ2) is 4.79. The highest BCUT2D eigenvalue weighted by molar-refractivity contribution is 5.97. The van der Waals surface area contributed by atoms with Crippen LogP contribution in [0.4, 0.5) is 5.69 Å². The number of nitrogens with zero attached hydrogens (tertiary/aromatic N) is 2. The first-order valence-corrected chi connectivity index (χ1v) is 4.75. The fourth-order valence-corrected chi connectivity index (χ4v) is 1.09. The number of nitrogen functional groups attached to an aromatic ring is 1. The molecule has 0 saturated carbocycles. The summed E-state index contributed by atoms with van der Waals surface area (Å²) in [5.74, 6) is -0.237. The van der Waals surface area contributed by atoms with Gasteiger partial charge in [0.1, 0.15) is 0 Å². The molecular weight excluding hydrogens is 194 g/mol. The Morgan fingerprint density at radius 1 is 1.60 bits per heavy atom. The van der Waals surface area contributed by atoms with Crippen LogP contribution in [0.5, 0.6) is 0 Å². The minimum atomic E-state index is -0.237. The molecule has 0 saturated heterocycles. The van der Waals surface area contributed by atoms with Crippen molar-refractivity contribution in [3.05, 3.63) is 11.4 Å². The van der Waals surface area contributed by atoms with Gasteiger partial charge in [-0.05, 0) is 21.0 Å². The SMILES string of the molecule is Cc1[nH]nc(C(=O)NCCN(C)C)c1N. The number of aromatic nitrogens is 2. The average molecular weight is 211 g/mol. The molecule has 15 heavy (non-hydrogen) atoms. The van der Waals surface area contributed by atoms with Crippen LogP contribution in [-0.4, -0.2) is 48.2 Å². The van der Waals surface area contributed by atoms with Crippen LogP contribution in [0, 0.1) is 6.92 Å². The number of aryl methyl sites for hydroxylation is 1. The molecule has 0 aliphatic heterocycles. The van der Waals surface area contributed by atoms with E-state index in [0.29, 0.717) is 17.9 Å². The summed E-state index contributed by atoms with van der Waals surface area (Å²) >= 11 is 0. The van der Waals surface area contributed by atoms with Crippen molar-refractivity contribution < 1.29 is 4.79 Å². The van der Waals surface area contributed by atoms with Crippen LogP contribution in [0.2, 0.25) is 0 Å². The number of rotatable bonds is 4. The number of hydrogen-bond acceptors (Lipinski definition) is 4. The number of carbonyl (C=O) groups excluding carboxylic acids is 1. The van der Waals surface area contributed by atoms with Crippen LogP contribution >= 0.6 is 0 Å². The lowest BCUT2D eigenvalue weighted by Crippen LogP contribution is -2.31. The smallest absolute Gasteiger partial charge is 0.273 e. The molecule has 6 heteroatoms. The number of aromatic amines is 1. The average Bonchev–Trinajstić information content (AvgIpc) is 2.47. The molecular formula is C9H17N5O. The van der Waals surface area contributed by atoms with Gasteiger partial charge in [-0.2, -0.15) is 5.10 Å². The van der Waals surface area contributed by atoms with Gasteiger partial charge in [-0.1, -0.05) is 0 Å². The fraction of sp³-hybridized carbons (Fsp3) is 0.556. The van der Waals surface area contributed by atoms with Crippen molar-refractivity contribution in [1.82, 2.24) is 20.4 Å². The maximum Gasteiger partial charge on any atom is 0.273 e. The molecule has 0 aromatic carbocycles. The fourth-order valence-electron chi connectivity index (χ4n) is 1.09. The zero-order valence-corrected chi connectivity index (χ0v) is 9.29. The summed E-state index contributed by atoms with van der Waals surface area (Å²) in [5, 5.41) is 9.25. The van der Waals surface area contributed by atoms with E-state index in [1.54, 1.807) is 6.92 Å². The molecule has 84 valence electrons. The number of nitrogens with one attached hydrogen (secondary N) is 2. The van der Waals surface area contributed by atoms with E-state index in [4.69, 9.17) is 5.73 Å². The minimum absolute atomic E-state index is 0.237. The number of likely N-dealkylation sites (N-methyl/N-ethyl adjacent to an activating group) is 1. The highest BCUT2D eigenvalue weighted by Crippen LogP contribution is 2.11. The first-order chi connectivity index (χ1) is 7.02. The first-order valence-electron chi connectivity index (χ1n) is 4.75. The molecule has 1 aromatic heterocycles. The van der Waals surface area contributed by atoms with Gasteiger partial charge in [-0.3, -0.25) is 9.89 Å². The summed E-state index contributed by atoms with van der Waals surface area (Å²) < 4.78 is 0. The van der Waals surface area contributed by atoms with E-state index in [2.05, 4.69) is 15.5 Å². The molecule has 0 bridgehead atoms. The van der Waals surface area contributed by atoms with E-state index in [9.17, 15) is 4.79 Å². The molecule has 4 N–H and O–H groups in total. The van der Waals surface area contributed by atoms with Crippen LogP contribution in [0.15, 0.2) is 0 Å². The standard InChI is InChI=1S/C9H17N5O/c1-6-7(10)8(13-12-6)9(15)11-4-5-14(2)3/h4-5,10H2,1-3H3,(H,11,15)(H,12,13). The molecule has 0 aliphatic carbocycles. The van der Waals surface area contributed by atoms with Crippen LogP contribution in [0.1, 0.15) is 16.2 Å². The molecule has 0 radical (unpaired) electrons. The van der Waals surface area contributed by atoms with Crippen molar-refractivity contribution >= 4 is 11.6 Å². The Labute approximate surface area is 88.8 Å². The lowest BCUT2D eigenvalue weighted by atomic mass is 10.3. The third-order valence-corrected chi connectivity index (χ3v) is 2.05. The molecule has 0 unspecified atom stereocenters. The Hall–Kier alpha value is -1.56. The molecule has 0 aliphatic rings. The molecule has 0 fully saturated rings. The van der Waals surface area contributed by atoms with E-state index >= 15 is 0 Å². The summed E-state index contributed by atoms with van der Waals surface area (Å²) in [6, 6.07) is 0. The van der Waals surface area contributed by atoms with Gasteiger partial charge in [0.15, 0.2) is 5.69 Å². The van der Waals surface area contributed by atoms with Crippen molar-refractivity contribution in [2.24, 2.45) is 0 Å². The van der Waals surface area contributed by atoms with Gasteiger partial charge in [0.05, 0.1) is 11.4 Å². The quantitative estimate of drug-likeness (QED) is 0.632. The van der Waals surface area contributed by atoms with Gasteiger partial charge < -0.3 is 16.0 Å². The van der Waals surface area contributed by atoms with Crippen molar-refractivity contribution in [2.75, 3.05) is 32.9 Å². The number of H-pyrrole nitrogens is 1. The predicted octanol–water partition coefficient (Wildman–Crippen LogP) is -0.408. The van der Waals surface area contributed by atoms with E-state index < -0.39 is 0 Å². The Bertz CT molecular complexity index is 344. The Morgan fingerprint density at radius 3 is 2.73 bits per heavy atom. The number of amides is 1. The highest BCUT2D eigenvalue weighted by atomic mass is 16.1. The topological polar surface area (TPSA) is 87.0 Å². The van der Waals surface area contributed by atoms with Crippen molar-refractivity contribution in [3.63, 3.8) is 0 Å². The second-order valence-electron chi connectivity index (χ2n) is 3.67. The predicted molar refractivity (Wildman–Crippen MR) is 58.6 cm³/mol. The maximum atomic E-state index is 11.6. The summed E-state index contributed by atoms with van der Waals surface area (Å²) in [4.78, 5) is 13.6. The Kier molecular flexibility index (Phi) is 3.68. The van der Waals surface area contributed by atoms with Crippen LogP contribution in [0.25, 0.3) is 0 Å². The Morgan fingerprint density at radius 2 is 2.27 bits per heavy atom. The maximum absolute atomic E-state index is 11.6. The molecule has 1 heterocycles. The van der Waals surface area contributed by atoms with Gasteiger partial charge >= 0.3 is 0 Å². The number of hydrogen-bond donors (Lipinski definition) is 3. The van der Waals surface area contributed by atoms with Crippen LogP contribution in [0.3, 0.4) is 0 Å². The molecule has 0 atom stereocenters. The molecule has 1 amide bonds. The summed E-state index contributed by atoms with van der Waals surface area (Å²) in [7, 11) is 3.89. The Balaban J connectivity index is 2.51. The molecule has 6 nitrogen and oxygen atoms in total. The normalized spacial score (nSPS) is 10.7. The van der Waals surface area contributed by atoms with Crippen molar-refractivity contribution in [2.45, 2.75) is 6.92 Å². The number of anilines is 1. The monoisotopic (exact) mass is 211 g/mol. The largest absolute Gasteiger partial charge is 0.395 e. The summed E-state index contributed by atoms with van der Waals surface area (Å²) in [6.45, 7) is 3.14. The summed E-state index contributed by atoms with van der Waals surface area (Å²) in [5.41, 5.74) is 7.07. The van der Waals surface area contributed by atoms with E-state index in [1.165, 1.54) is 0 Å². The van der Waals surface area contributed by atoms with E-state index in [1.807, 2.05) is 19.0 Å². The third-order valence-electron chi connectivity index (χ3n) is 2.05. The zero-order chi connectivity index (χ0) is 11.4. The number of nitrogens with two attached hydrogens (primary N) is 1. The van der Waals surface area contributed by atoms with E-state index in [0.717, 1.165) is 6.54 Å². The molecule has 1 rings (SSSR count). The third kappa shape index (κ3) is 2.95. The van der Waals surface area contributed by atoms with E-state index in [-0.39, 0.29) is 11.6 Å². The van der Waals surface area contributed by atoms with Crippen LogP contribution in [-0.2, 0) is 0 Å². The lowest BCUT2D eigenvalue weighted by molar-refractivity contribution is 0.0947. The highest BCUT2D eigenvalue weighted by Gasteiger charge is 2.14. The van der Waals surface area contributed by atoms with Crippen LogP contribution < -0.4 is 11.1 Å². The number of carbonyl (C=O) groups is 1. The van der Waals surface area contributed by atoms with Gasteiger partial charge in [-0.15, -0.1) is 0 Å². The van der Waals surface area contributed by atoms with Gasteiger partial charge in [-0.25, -0.2) is 0 Å². The first kappa shape index (κ1) is 11.5. The van der Waals surface area contributed by atoms with Gasteiger partial charge in [0.2, 0.25) is 0 Å². The zero-order valence-electron chi connectivity index (χ0n) is 9.29. The van der Waals surface area contributed by atoms with Crippen molar-refractivity contribution in [3.8, 4) is 0 Å². The lowest BCUT2D eigenvalue weighted by Gasteiger charge is -2.09.